The van der Waals surface area contributed by atoms with Gasteiger partial charge in [0.1, 0.15) is 5.82 Å². The molecule has 1 aromatic rings. The van der Waals surface area contributed by atoms with Gasteiger partial charge in [-0.2, -0.15) is 0 Å². The first kappa shape index (κ1) is 12.5. The predicted molar refractivity (Wildman–Crippen MR) is 63.9 cm³/mol. The van der Waals surface area contributed by atoms with Crippen LogP contribution >= 0.6 is 0 Å². The van der Waals surface area contributed by atoms with Gasteiger partial charge in [-0.15, -0.1) is 0 Å². The van der Waals surface area contributed by atoms with E-state index in [-0.39, 0.29) is 4.90 Å². The summed E-state index contributed by atoms with van der Waals surface area (Å²) in [5.41, 5.74) is 6.09. The maximum atomic E-state index is 13.2. The zero-order valence-corrected chi connectivity index (χ0v) is 10.5. The van der Waals surface area contributed by atoms with Crippen LogP contribution in [0.15, 0.2) is 23.1 Å². The molecular weight excluding hydrogens is 241 g/mol. The van der Waals surface area contributed by atoms with Crippen molar-refractivity contribution in [1.29, 1.82) is 0 Å². The van der Waals surface area contributed by atoms with Crippen molar-refractivity contribution in [2.24, 2.45) is 11.7 Å². The molecular formula is C12H16FNO2S. The first-order chi connectivity index (χ1) is 7.93. The Morgan fingerprint density at radius 2 is 2.00 bits per heavy atom. The van der Waals surface area contributed by atoms with Crippen LogP contribution in [-0.2, 0) is 9.84 Å². The van der Waals surface area contributed by atoms with Crippen LogP contribution in [0.4, 0.5) is 4.39 Å². The Morgan fingerprint density at radius 3 is 2.53 bits per heavy atom. The Kier molecular flexibility index (Phi) is 3.23. The molecule has 0 atom stereocenters. The van der Waals surface area contributed by atoms with Gasteiger partial charge in [0.05, 0.1) is 10.1 Å². The minimum Gasteiger partial charge on any atom is -0.330 e. The summed E-state index contributed by atoms with van der Waals surface area (Å²) in [6.07, 6.45) is 1.18. The zero-order valence-electron chi connectivity index (χ0n) is 9.69. The van der Waals surface area contributed by atoms with E-state index in [9.17, 15) is 12.8 Å². The van der Waals surface area contributed by atoms with Crippen molar-refractivity contribution in [3.63, 3.8) is 0 Å². The van der Waals surface area contributed by atoms with E-state index in [2.05, 4.69) is 0 Å². The lowest BCUT2D eigenvalue weighted by Gasteiger charge is -2.33. The second kappa shape index (κ2) is 4.38. The van der Waals surface area contributed by atoms with Crippen molar-refractivity contribution < 1.29 is 12.8 Å². The summed E-state index contributed by atoms with van der Waals surface area (Å²) in [7, 11) is -3.39. The van der Waals surface area contributed by atoms with E-state index < -0.39 is 20.9 Å². The lowest BCUT2D eigenvalue weighted by molar-refractivity contribution is 0.325. The average molecular weight is 257 g/mol. The highest BCUT2D eigenvalue weighted by atomic mass is 32.2. The van der Waals surface area contributed by atoms with E-state index in [1.165, 1.54) is 12.1 Å². The third-order valence-corrected chi connectivity index (χ3v) is 5.46. The van der Waals surface area contributed by atoms with Crippen molar-refractivity contribution in [2.75, 3.05) is 6.54 Å². The monoisotopic (exact) mass is 257 g/mol. The van der Waals surface area contributed by atoms with Crippen LogP contribution in [0.5, 0.6) is 0 Å². The minimum absolute atomic E-state index is 0.0930. The van der Waals surface area contributed by atoms with Gasteiger partial charge >= 0.3 is 0 Å². The van der Waals surface area contributed by atoms with Gasteiger partial charge in [-0.05, 0) is 56.0 Å². The number of aryl methyl sites for hydroxylation is 1. The number of halogens is 1. The van der Waals surface area contributed by atoms with E-state index in [1.807, 2.05) is 0 Å². The fraction of sp³-hybridized carbons (Fsp3) is 0.500. The maximum Gasteiger partial charge on any atom is 0.181 e. The molecule has 17 heavy (non-hydrogen) atoms. The van der Waals surface area contributed by atoms with Crippen molar-refractivity contribution in [3.8, 4) is 0 Å². The normalized spacial score (nSPS) is 24.4. The molecule has 0 saturated heterocycles. The van der Waals surface area contributed by atoms with E-state index in [1.54, 1.807) is 6.92 Å². The highest BCUT2D eigenvalue weighted by molar-refractivity contribution is 7.92. The molecule has 0 aliphatic heterocycles. The number of hydrogen-bond donors (Lipinski definition) is 1. The van der Waals surface area contributed by atoms with Gasteiger partial charge in [-0.3, -0.25) is 0 Å². The standard InChI is InChI=1S/C12H16FNO2S/c1-8-2-10(13)6-11(3-8)17(15,16)12-4-9(5-12)7-14/h2-3,6,9,12H,4-5,7,14H2,1H3. The van der Waals surface area contributed by atoms with Crippen LogP contribution in [0.2, 0.25) is 0 Å². The van der Waals surface area contributed by atoms with E-state index in [4.69, 9.17) is 5.73 Å². The molecule has 1 saturated carbocycles. The number of hydrogen-bond acceptors (Lipinski definition) is 3. The van der Waals surface area contributed by atoms with E-state index in [0.29, 0.717) is 30.9 Å². The quantitative estimate of drug-likeness (QED) is 0.895. The van der Waals surface area contributed by atoms with Gasteiger partial charge in [0.25, 0.3) is 0 Å². The molecule has 3 nitrogen and oxygen atoms in total. The molecule has 0 aromatic heterocycles. The predicted octanol–water partition coefficient (Wildman–Crippen LogP) is 1.65. The van der Waals surface area contributed by atoms with Crippen LogP contribution < -0.4 is 5.73 Å². The molecule has 2 N–H and O–H groups in total. The molecule has 5 heteroatoms. The Balaban J connectivity index is 2.27. The Bertz CT molecular complexity index is 501. The largest absolute Gasteiger partial charge is 0.330 e. The van der Waals surface area contributed by atoms with Gasteiger partial charge in [0.15, 0.2) is 9.84 Å². The number of benzene rings is 1. The Morgan fingerprint density at radius 1 is 1.35 bits per heavy atom. The fourth-order valence-electron chi connectivity index (χ4n) is 2.18. The number of nitrogens with two attached hydrogens (primary N) is 1. The molecule has 1 aliphatic rings. The van der Waals surface area contributed by atoms with E-state index >= 15 is 0 Å². The maximum absolute atomic E-state index is 13.2. The average Bonchev–Trinajstić information content (AvgIpc) is 2.13. The highest BCUT2D eigenvalue weighted by Gasteiger charge is 2.38. The molecule has 1 fully saturated rings. The van der Waals surface area contributed by atoms with E-state index in [0.717, 1.165) is 6.07 Å². The summed E-state index contributed by atoms with van der Waals surface area (Å²) < 4.78 is 37.5. The van der Waals surface area contributed by atoms with Gasteiger partial charge in [-0.1, -0.05) is 0 Å². The topological polar surface area (TPSA) is 60.2 Å². The fourth-order valence-corrected chi connectivity index (χ4v) is 4.24. The molecule has 0 amide bonds. The molecule has 1 aliphatic carbocycles. The highest BCUT2D eigenvalue weighted by Crippen LogP contribution is 2.35. The van der Waals surface area contributed by atoms with Gasteiger partial charge in [0, 0.05) is 0 Å². The van der Waals surface area contributed by atoms with Gasteiger partial charge in [-0.25, -0.2) is 12.8 Å². The van der Waals surface area contributed by atoms with Crippen LogP contribution in [0.3, 0.4) is 0 Å². The van der Waals surface area contributed by atoms with Crippen LogP contribution in [0.25, 0.3) is 0 Å². The molecule has 0 spiro atoms. The van der Waals surface area contributed by atoms with Gasteiger partial charge in [0.2, 0.25) is 0 Å². The minimum atomic E-state index is -3.39. The van der Waals surface area contributed by atoms with Crippen molar-refractivity contribution >= 4 is 9.84 Å². The molecule has 0 bridgehead atoms. The van der Waals surface area contributed by atoms with Crippen molar-refractivity contribution in [2.45, 2.75) is 29.9 Å². The molecule has 2 rings (SSSR count). The second-order valence-corrected chi connectivity index (χ2v) is 6.93. The molecule has 0 unspecified atom stereocenters. The smallest absolute Gasteiger partial charge is 0.181 e. The lowest BCUT2D eigenvalue weighted by atomic mass is 9.85. The summed E-state index contributed by atoms with van der Waals surface area (Å²) in [6, 6.07) is 3.94. The molecule has 1 aromatic carbocycles. The second-order valence-electron chi connectivity index (χ2n) is 4.70. The van der Waals surface area contributed by atoms with Gasteiger partial charge < -0.3 is 5.73 Å². The third kappa shape index (κ3) is 2.35. The summed E-state index contributed by atoms with van der Waals surface area (Å²) in [4.78, 5) is 0.0930. The van der Waals surface area contributed by atoms with Crippen LogP contribution in [0, 0.1) is 18.7 Å². The van der Waals surface area contributed by atoms with Crippen molar-refractivity contribution in [3.05, 3.63) is 29.6 Å². The summed E-state index contributed by atoms with van der Waals surface area (Å²) >= 11 is 0. The number of rotatable bonds is 3. The summed E-state index contributed by atoms with van der Waals surface area (Å²) in [6.45, 7) is 2.21. The SMILES string of the molecule is Cc1cc(F)cc(S(=O)(=O)C2CC(CN)C2)c1. The van der Waals surface area contributed by atoms with Crippen LogP contribution in [0.1, 0.15) is 18.4 Å². The summed E-state index contributed by atoms with van der Waals surface area (Å²) in [5.74, 6) is -0.206. The lowest BCUT2D eigenvalue weighted by Crippen LogP contribution is -2.39. The molecule has 0 heterocycles. The number of sulfone groups is 1. The Hall–Kier alpha value is -0.940. The third-order valence-electron chi connectivity index (χ3n) is 3.31. The Labute approximate surface area is 101 Å². The van der Waals surface area contributed by atoms with Crippen molar-refractivity contribution in [1.82, 2.24) is 0 Å². The first-order valence-electron chi connectivity index (χ1n) is 5.64. The first-order valence-corrected chi connectivity index (χ1v) is 7.19. The zero-order chi connectivity index (χ0) is 12.6. The molecule has 0 radical (unpaired) electrons. The van der Waals surface area contributed by atoms with Crippen LogP contribution in [-0.4, -0.2) is 20.2 Å². The molecule has 94 valence electrons. The summed E-state index contributed by atoms with van der Waals surface area (Å²) in [5, 5.41) is -0.391.